The van der Waals surface area contributed by atoms with Crippen LogP contribution in [0.5, 0.6) is 0 Å². The topological polar surface area (TPSA) is 113 Å². The molecule has 0 aromatic carbocycles. The van der Waals surface area contributed by atoms with Crippen molar-refractivity contribution in [2.45, 2.75) is 52.1 Å². The number of rotatable bonds is 4. The molecular formula is C23H25F3N6O3. The Morgan fingerprint density at radius 3 is 2.51 bits per heavy atom. The minimum Gasteiger partial charge on any atom is -0.372 e. The average Bonchev–Trinajstić information content (AvgIpc) is 2.77. The maximum atomic E-state index is 13.8. The van der Waals surface area contributed by atoms with E-state index in [1.165, 1.54) is 26.1 Å². The lowest BCUT2D eigenvalue weighted by atomic mass is 10.1. The van der Waals surface area contributed by atoms with Crippen LogP contribution in [-0.2, 0) is 10.9 Å². The van der Waals surface area contributed by atoms with Crippen molar-refractivity contribution in [2.24, 2.45) is 0 Å². The molecule has 0 radical (unpaired) electrons. The maximum Gasteiger partial charge on any atom is 0.418 e. The number of nitrogens with zero attached hydrogens (tertiary/aromatic N) is 4. The minimum atomic E-state index is -4.71. The van der Waals surface area contributed by atoms with Crippen molar-refractivity contribution >= 4 is 22.8 Å². The third-order valence-corrected chi connectivity index (χ3v) is 5.63. The predicted octanol–water partition coefficient (Wildman–Crippen LogP) is 3.46. The van der Waals surface area contributed by atoms with Gasteiger partial charge in [-0.3, -0.25) is 9.59 Å². The molecule has 186 valence electrons. The molecule has 0 bridgehead atoms. The number of amides is 1. The van der Waals surface area contributed by atoms with E-state index in [0.29, 0.717) is 18.7 Å². The molecule has 3 aromatic rings. The predicted molar refractivity (Wildman–Crippen MR) is 122 cm³/mol. The van der Waals surface area contributed by atoms with Gasteiger partial charge in [0, 0.05) is 19.3 Å². The molecule has 0 aliphatic carbocycles. The minimum absolute atomic E-state index is 0.0823. The summed E-state index contributed by atoms with van der Waals surface area (Å²) in [5.41, 5.74) is -1.94. The van der Waals surface area contributed by atoms with Crippen LogP contribution in [0, 0.1) is 6.92 Å². The molecule has 1 aliphatic rings. The van der Waals surface area contributed by atoms with Crippen LogP contribution in [0.3, 0.4) is 0 Å². The van der Waals surface area contributed by atoms with Crippen molar-refractivity contribution in [1.82, 2.24) is 24.8 Å². The molecule has 0 saturated carbocycles. The Kier molecular flexibility index (Phi) is 6.50. The highest BCUT2D eigenvalue weighted by Crippen LogP contribution is 2.35. The maximum absolute atomic E-state index is 13.8. The van der Waals surface area contributed by atoms with Gasteiger partial charge in [0.05, 0.1) is 40.6 Å². The summed E-state index contributed by atoms with van der Waals surface area (Å²) in [4.78, 5) is 41.4. The summed E-state index contributed by atoms with van der Waals surface area (Å²) in [7, 11) is 0. The number of carbonyl (C=O) groups is 1. The largest absolute Gasteiger partial charge is 0.418 e. The number of nitrogens with one attached hydrogen (secondary N) is 2. The molecule has 3 aromatic heterocycles. The van der Waals surface area contributed by atoms with Gasteiger partial charge in [0.25, 0.3) is 11.5 Å². The monoisotopic (exact) mass is 490 g/mol. The number of aryl methyl sites for hydroxylation is 1. The Morgan fingerprint density at radius 1 is 1.23 bits per heavy atom. The number of aromatic nitrogens is 4. The number of aromatic amines is 1. The van der Waals surface area contributed by atoms with Crippen LogP contribution < -0.4 is 10.9 Å². The number of carbonyl (C=O) groups excluding carboxylic acids is 1. The fourth-order valence-corrected chi connectivity index (χ4v) is 4.18. The number of hydrogen-bond donors (Lipinski definition) is 2. The summed E-state index contributed by atoms with van der Waals surface area (Å²) in [5, 5.41) is 2.87. The molecule has 4 rings (SSSR count). The van der Waals surface area contributed by atoms with Crippen LogP contribution in [0.25, 0.3) is 11.0 Å². The second-order valence-corrected chi connectivity index (χ2v) is 8.70. The van der Waals surface area contributed by atoms with Gasteiger partial charge in [-0.15, -0.1) is 0 Å². The number of morpholine rings is 1. The van der Waals surface area contributed by atoms with Crippen LogP contribution in [0.1, 0.15) is 54.3 Å². The number of alkyl halides is 3. The quantitative estimate of drug-likeness (QED) is 0.576. The van der Waals surface area contributed by atoms with Crippen molar-refractivity contribution in [2.75, 3.05) is 18.4 Å². The summed E-state index contributed by atoms with van der Waals surface area (Å²) in [6.07, 6.45) is -3.50. The van der Waals surface area contributed by atoms with Gasteiger partial charge in [0.2, 0.25) is 0 Å². The van der Waals surface area contributed by atoms with Gasteiger partial charge in [-0.2, -0.15) is 13.2 Å². The third-order valence-electron chi connectivity index (χ3n) is 5.63. The third kappa shape index (κ3) is 5.26. The number of anilines is 1. The van der Waals surface area contributed by atoms with E-state index >= 15 is 0 Å². The lowest BCUT2D eigenvalue weighted by molar-refractivity contribution is -0.138. The van der Waals surface area contributed by atoms with Crippen molar-refractivity contribution < 1.29 is 22.7 Å². The molecule has 1 amide bonds. The number of H-pyrrole nitrogens is 1. The first kappa shape index (κ1) is 24.6. The average molecular weight is 490 g/mol. The highest BCUT2D eigenvalue weighted by Gasteiger charge is 2.36. The van der Waals surface area contributed by atoms with Crippen LogP contribution in [0.15, 0.2) is 29.2 Å². The molecule has 1 aliphatic heterocycles. The second-order valence-electron chi connectivity index (χ2n) is 8.70. The highest BCUT2D eigenvalue weighted by atomic mass is 19.4. The van der Waals surface area contributed by atoms with Gasteiger partial charge < -0.3 is 19.9 Å². The smallest absolute Gasteiger partial charge is 0.372 e. The Morgan fingerprint density at radius 2 is 1.91 bits per heavy atom. The van der Waals surface area contributed by atoms with Crippen molar-refractivity contribution in [1.29, 1.82) is 0 Å². The van der Waals surface area contributed by atoms with Gasteiger partial charge in [-0.05, 0) is 45.9 Å². The molecule has 12 heteroatoms. The van der Waals surface area contributed by atoms with E-state index in [0.717, 1.165) is 6.07 Å². The van der Waals surface area contributed by atoms with E-state index in [1.807, 2.05) is 13.8 Å². The Hall–Kier alpha value is -3.54. The summed E-state index contributed by atoms with van der Waals surface area (Å²) in [6, 6.07) is 2.96. The number of hydrogen-bond acceptors (Lipinski definition) is 7. The first-order chi connectivity index (χ1) is 16.4. The van der Waals surface area contributed by atoms with E-state index in [2.05, 4.69) is 25.3 Å². The Balaban J connectivity index is 1.59. The van der Waals surface area contributed by atoms with Gasteiger partial charge in [0.1, 0.15) is 11.6 Å². The first-order valence-corrected chi connectivity index (χ1v) is 11.1. The first-order valence-electron chi connectivity index (χ1n) is 11.1. The summed E-state index contributed by atoms with van der Waals surface area (Å²) < 4.78 is 47.1. The molecule has 35 heavy (non-hydrogen) atoms. The summed E-state index contributed by atoms with van der Waals surface area (Å²) >= 11 is 0. The summed E-state index contributed by atoms with van der Waals surface area (Å²) in [5.74, 6) is 0.247. The number of ether oxygens (including phenoxy) is 1. The van der Waals surface area contributed by atoms with E-state index in [-0.39, 0.29) is 46.5 Å². The molecule has 9 nitrogen and oxygen atoms in total. The standard InChI is InChI=1S/C23H25F3N6O3/c1-11-9-32(10-12(2)35-11)22(34)15-5-6-18(27-8-15)28-13(3)19-16(23(24,25)26)7-17-20(31-19)21(33)30-14(4)29-17/h5-8,11-13H,9-10H2,1-4H3,(H,27,28)(H,29,30,33)/t11-,12+,13-/m1/s1. The zero-order valence-corrected chi connectivity index (χ0v) is 19.6. The number of halogens is 3. The molecule has 4 heterocycles. The molecular weight excluding hydrogens is 465 g/mol. The fraction of sp³-hybridized carbons (Fsp3) is 0.435. The fourth-order valence-electron chi connectivity index (χ4n) is 4.18. The normalized spacial score (nSPS) is 19.6. The van der Waals surface area contributed by atoms with Crippen LogP contribution >= 0.6 is 0 Å². The molecule has 3 atom stereocenters. The van der Waals surface area contributed by atoms with Crippen LogP contribution in [0.4, 0.5) is 19.0 Å². The van der Waals surface area contributed by atoms with Gasteiger partial charge >= 0.3 is 6.18 Å². The van der Waals surface area contributed by atoms with Crippen molar-refractivity contribution in [3.8, 4) is 0 Å². The van der Waals surface area contributed by atoms with Crippen molar-refractivity contribution in [3.05, 3.63) is 57.4 Å². The highest BCUT2D eigenvalue weighted by molar-refractivity contribution is 5.94. The van der Waals surface area contributed by atoms with Gasteiger partial charge in [-0.1, -0.05) is 0 Å². The molecule has 0 unspecified atom stereocenters. The Bertz CT molecular complexity index is 1300. The zero-order valence-electron chi connectivity index (χ0n) is 19.6. The molecule has 0 spiro atoms. The molecule has 1 fully saturated rings. The molecule has 1 saturated heterocycles. The van der Waals surface area contributed by atoms with E-state index < -0.39 is 23.3 Å². The van der Waals surface area contributed by atoms with Gasteiger partial charge in [0.15, 0.2) is 5.52 Å². The van der Waals surface area contributed by atoms with E-state index in [1.54, 1.807) is 11.0 Å². The lowest BCUT2D eigenvalue weighted by Gasteiger charge is -2.35. The second kappa shape index (κ2) is 9.25. The van der Waals surface area contributed by atoms with E-state index in [4.69, 9.17) is 4.74 Å². The lowest BCUT2D eigenvalue weighted by Crippen LogP contribution is -2.48. The van der Waals surface area contributed by atoms with Crippen LogP contribution in [-0.4, -0.2) is 56.0 Å². The molecule has 2 N–H and O–H groups in total. The van der Waals surface area contributed by atoms with Crippen LogP contribution in [0.2, 0.25) is 0 Å². The van der Waals surface area contributed by atoms with Crippen molar-refractivity contribution in [3.63, 3.8) is 0 Å². The zero-order chi connectivity index (χ0) is 25.5. The number of pyridine rings is 2. The summed E-state index contributed by atoms with van der Waals surface area (Å²) in [6.45, 7) is 7.67. The van der Waals surface area contributed by atoms with E-state index in [9.17, 15) is 22.8 Å². The Labute approximate surface area is 198 Å². The van der Waals surface area contributed by atoms with Gasteiger partial charge in [-0.25, -0.2) is 15.0 Å². The SMILES string of the molecule is Cc1nc2cc(C(F)(F)F)c([C@@H](C)Nc3ccc(C(=O)N4C[C@@H](C)O[C@@H](C)C4)cn3)nc2c(=O)[nH]1. The number of fused-ring (bicyclic) bond motifs is 1.